The first kappa shape index (κ1) is 12.3. The Morgan fingerprint density at radius 3 is 2.94 bits per heavy atom. The fourth-order valence-corrected chi connectivity index (χ4v) is 2.26. The Kier molecular flexibility index (Phi) is 4.35. The van der Waals surface area contributed by atoms with Gasteiger partial charge in [-0.1, -0.05) is 0 Å². The monoisotopic (exact) mass is 237 g/mol. The SMILES string of the molecule is N#CCCNC(=O)CNC1CCOC1C1CC1. The lowest BCUT2D eigenvalue weighted by atomic mass is 10.1. The van der Waals surface area contributed by atoms with E-state index in [9.17, 15) is 4.79 Å². The van der Waals surface area contributed by atoms with Crippen LogP contribution in [0.4, 0.5) is 0 Å². The van der Waals surface area contributed by atoms with Gasteiger partial charge in [0, 0.05) is 19.2 Å². The van der Waals surface area contributed by atoms with Crippen LogP contribution in [0.1, 0.15) is 25.7 Å². The summed E-state index contributed by atoms with van der Waals surface area (Å²) in [5.74, 6) is 0.665. The lowest BCUT2D eigenvalue weighted by Gasteiger charge is -2.19. The van der Waals surface area contributed by atoms with Crippen LogP contribution in [0.15, 0.2) is 0 Å². The van der Waals surface area contributed by atoms with Crippen molar-refractivity contribution in [3.8, 4) is 6.07 Å². The second-order valence-electron chi connectivity index (χ2n) is 4.71. The summed E-state index contributed by atoms with van der Waals surface area (Å²) in [4.78, 5) is 11.4. The summed E-state index contributed by atoms with van der Waals surface area (Å²) >= 11 is 0. The summed E-state index contributed by atoms with van der Waals surface area (Å²) in [6, 6.07) is 2.32. The summed E-state index contributed by atoms with van der Waals surface area (Å²) in [6.07, 6.45) is 4.19. The van der Waals surface area contributed by atoms with Crippen LogP contribution in [0.5, 0.6) is 0 Å². The number of hydrogen-bond donors (Lipinski definition) is 2. The predicted octanol–water partition coefficient (Wildman–Crippen LogP) is 0.173. The van der Waals surface area contributed by atoms with Crippen molar-refractivity contribution in [2.24, 2.45) is 5.92 Å². The van der Waals surface area contributed by atoms with E-state index in [1.165, 1.54) is 12.8 Å². The molecule has 0 aromatic rings. The molecule has 1 aliphatic carbocycles. The van der Waals surface area contributed by atoms with Crippen molar-refractivity contribution in [1.29, 1.82) is 5.26 Å². The number of nitrogens with one attached hydrogen (secondary N) is 2. The van der Waals surface area contributed by atoms with Gasteiger partial charge in [-0.2, -0.15) is 5.26 Å². The molecule has 1 aliphatic heterocycles. The predicted molar refractivity (Wildman–Crippen MR) is 62.1 cm³/mol. The molecule has 2 aliphatic rings. The van der Waals surface area contributed by atoms with Gasteiger partial charge in [-0.3, -0.25) is 4.79 Å². The smallest absolute Gasteiger partial charge is 0.234 e. The third-order valence-corrected chi connectivity index (χ3v) is 3.31. The number of hydrogen-bond acceptors (Lipinski definition) is 4. The van der Waals surface area contributed by atoms with E-state index in [0.29, 0.717) is 37.6 Å². The van der Waals surface area contributed by atoms with Crippen molar-refractivity contribution < 1.29 is 9.53 Å². The molecule has 1 saturated carbocycles. The highest BCUT2D eigenvalue weighted by atomic mass is 16.5. The van der Waals surface area contributed by atoms with E-state index in [1.54, 1.807) is 0 Å². The molecule has 94 valence electrons. The van der Waals surface area contributed by atoms with Gasteiger partial charge in [0.15, 0.2) is 0 Å². The molecule has 17 heavy (non-hydrogen) atoms. The van der Waals surface area contributed by atoms with Gasteiger partial charge in [0.25, 0.3) is 0 Å². The van der Waals surface area contributed by atoms with Crippen LogP contribution in [0, 0.1) is 17.2 Å². The van der Waals surface area contributed by atoms with Crippen molar-refractivity contribution in [3.05, 3.63) is 0 Å². The molecule has 2 atom stereocenters. The summed E-state index contributed by atoms with van der Waals surface area (Å²) in [7, 11) is 0. The molecule has 5 nitrogen and oxygen atoms in total. The van der Waals surface area contributed by atoms with Crippen molar-refractivity contribution in [2.75, 3.05) is 19.7 Å². The maximum Gasteiger partial charge on any atom is 0.234 e. The second-order valence-corrected chi connectivity index (χ2v) is 4.71. The topological polar surface area (TPSA) is 74.2 Å². The molecule has 0 spiro atoms. The van der Waals surface area contributed by atoms with E-state index in [0.717, 1.165) is 13.0 Å². The van der Waals surface area contributed by atoms with E-state index in [2.05, 4.69) is 10.6 Å². The normalized spacial score (nSPS) is 27.7. The van der Waals surface area contributed by atoms with E-state index >= 15 is 0 Å². The number of ether oxygens (including phenoxy) is 1. The lowest BCUT2D eigenvalue weighted by Crippen LogP contribution is -2.43. The average Bonchev–Trinajstić information content (AvgIpc) is 3.06. The van der Waals surface area contributed by atoms with Crippen molar-refractivity contribution in [2.45, 2.75) is 37.8 Å². The Labute approximate surface area is 102 Å². The molecule has 1 saturated heterocycles. The molecule has 2 fully saturated rings. The van der Waals surface area contributed by atoms with Gasteiger partial charge in [-0.25, -0.2) is 0 Å². The minimum atomic E-state index is -0.0401. The molecule has 0 radical (unpaired) electrons. The van der Waals surface area contributed by atoms with Crippen molar-refractivity contribution >= 4 is 5.91 Å². The second kappa shape index (κ2) is 5.99. The Hall–Kier alpha value is -1.12. The van der Waals surface area contributed by atoms with Crippen LogP contribution >= 0.6 is 0 Å². The Balaban J connectivity index is 1.63. The minimum absolute atomic E-state index is 0.0401. The summed E-state index contributed by atoms with van der Waals surface area (Å²) in [5, 5.41) is 14.3. The molecule has 0 aromatic carbocycles. The molecule has 2 N–H and O–H groups in total. The first-order chi connectivity index (χ1) is 8.31. The highest BCUT2D eigenvalue weighted by Crippen LogP contribution is 2.38. The van der Waals surface area contributed by atoms with Gasteiger partial charge < -0.3 is 15.4 Å². The summed E-state index contributed by atoms with van der Waals surface area (Å²) in [6.45, 7) is 1.56. The van der Waals surface area contributed by atoms with Crippen LogP contribution in [0.25, 0.3) is 0 Å². The Morgan fingerprint density at radius 2 is 2.24 bits per heavy atom. The zero-order valence-electron chi connectivity index (χ0n) is 9.95. The van der Waals surface area contributed by atoms with Crippen LogP contribution in [0.3, 0.4) is 0 Å². The van der Waals surface area contributed by atoms with Crippen LogP contribution in [-0.4, -0.2) is 37.7 Å². The maximum absolute atomic E-state index is 11.4. The fraction of sp³-hybridized carbons (Fsp3) is 0.833. The number of carbonyl (C=O) groups excluding carboxylic acids is 1. The molecule has 0 bridgehead atoms. The quantitative estimate of drug-likeness (QED) is 0.646. The number of nitriles is 1. The van der Waals surface area contributed by atoms with E-state index in [4.69, 9.17) is 10.00 Å². The number of rotatable bonds is 6. The summed E-state index contributed by atoms with van der Waals surface area (Å²) in [5.41, 5.74) is 0. The van der Waals surface area contributed by atoms with Gasteiger partial charge in [0.05, 0.1) is 25.1 Å². The fourth-order valence-electron chi connectivity index (χ4n) is 2.26. The number of nitrogens with zero attached hydrogens (tertiary/aromatic N) is 1. The first-order valence-corrected chi connectivity index (χ1v) is 6.30. The number of amides is 1. The Morgan fingerprint density at radius 1 is 1.41 bits per heavy atom. The highest BCUT2D eigenvalue weighted by Gasteiger charge is 2.40. The molecule has 1 amide bonds. The largest absolute Gasteiger partial charge is 0.376 e. The van der Waals surface area contributed by atoms with Gasteiger partial charge in [-0.15, -0.1) is 0 Å². The van der Waals surface area contributed by atoms with Crippen LogP contribution in [0.2, 0.25) is 0 Å². The zero-order chi connectivity index (χ0) is 12.1. The number of carbonyl (C=O) groups is 1. The summed E-state index contributed by atoms with van der Waals surface area (Å²) < 4.78 is 5.68. The molecule has 5 heteroatoms. The lowest BCUT2D eigenvalue weighted by molar-refractivity contribution is -0.120. The minimum Gasteiger partial charge on any atom is -0.376 e. The molecule has 1 heterocycles. The van der Waals surface area contributed by atoms with E-state index in [1.807, 2.05) is 6.07 Å². The van der Waals surface area contributed by atoms with Gasteiger partial charge in [0.2, 0.25) is 5.91 Å². The maximum atomic E-state index is 11.4. The van der Waals surface area contributed by atoms with Gasteiger partial charge in [0.1, 0.15) is 0 Å². The van der Waals surface area contributed by atoms with Gasteiger partial charge in [-0.05, 0) is 25.2 Å². The molecular weight excluding hydrogens is 218 g/mol. The van der Waals surface area contributed by atoms with Crippen LogP contribution < -0.4 is 10.6 Å². The molecule has 2 unspecified atom stereocenters. The highest BCUT2D eigenvalue weighted by molar-refractivity contribution is 5.78. The molecule has 2 rings (SSSR count). The first-order valence-electron chi connectivity index (χ1n) is 6.30. The zero-order valence-corrected chi connectivity index (χ0v) is 9.95. The average molecular weight is 237 g/mol. The van der Waals surface area contributed by atoms with Gasteiger partial charge >= 0.3 is 0 Å². The van der Waals surface area contributed by atoms with Crippen molar-refractivity contribution in [1.82, 2.24) is 10.6 Å². The molecule has 0 aromatic heterocycles. The van der Waals surface area contributed by atoms with Crippen molar-refractivity contribution in [3.63, 3.8) is 0 Å². The van der Waals surface area contributed by atoms with E-state index < -0.39 is 0 Å². The molecular formula is C12H19N3O2. The standard InChI is InChI=1S/C12H19N3O2/c13-5-1-6-14-11(16)8-15-10-4-7-17-12(10)9-2-3-9/h9-10,12,15H,1-4,6-8H2,(H,14,16). The third kappa shape index (κ3) is 3.69. The van der Waals surface area contributed by atoms with E-state index in [-0.39, 0.29) is 5.91 Å². The van der Waals surface area contributed by atoms with Crippen LogP contribution in [-0.2, 0) is 9.53 Å². The third-order valence-electron chi connectivity index (χ3n) is 3.31. The Bertz CT molecular complexity index is 309.